The Morgan fingerprint density at radius 2 is 2.00 bits per heavy atom. The van der Waals surface area contributed by atoms with Crippen molar-refractivity contribution in [1.82, 2.24) is 0 Å². The lowest BCUT2D eigenvalue weighted by molar-refractivity contribution is -0.388. The summed E-state index contributed by atoms with van der Waals surface area (Å²) in [5.74, 6) is -0.313. The van der Waals surface area contributed by atoms with Crippen molar-refractivity contribution in [3.05, 3.63) is 39.4 Å². The van der Waals surface area contributed by atoms with Gasteiger partial charge in [-0.1, -0.05) is 6.07 Å². The van der Waals surface area contributed by atoms with Crippen LogP contribution < -0.4 is 0 Å². The first-order chi connectivity index (χ1) is 7.71. The topological polar surface area (TPSA) is 60.2 Å². The normalized spacial score (nSPS) is 11.3. The number of nitrogens with zero attached hydrogens (tertiary/aromatic N) is 1. The van der Waals surface area contributed by atoms with Crippen molar-refractivity contribution in [3.63, 3.8) is 0 Å². The molecule has 1 aromatic carbocycles. The van der Waals surface area contributed by atoms with Crippen LogP contribution in [0.1, 0.15) is 18.1 Å². The van der Waals surface area contributed by atoms with E-state index >= 15 is 0 Å². The average Bonchev–Trinajstić information content (AvgIpc) is 2.14. The van der Waals surface area contributed by atoms with Crippen molar-refractivity contribution in [2.24, 2.45) is 0 Å². The molecule has 92 valence electrons. The number of nitro benzene ring substituents is 1. The van der Waals surface area contributed by atoms with Crippen LogP contribution in [-0.4, -0.2) is 10.7 Å². The first kappa shape index (κ1) is 13.1. The Hall–Kier alpha value is -1.92. The summed E-state index contributed by atoms with van der Waals surface area (Å²) in [6.07, 6.45) is -4.99. The SMILES string of the molecule is CC(=O)Cc1ccc([N+](=O)[O-])c(C(F)(F)F)c1. The monoisotopic (exact) mass is 247 g/mol. The fraction of sp³-hybridized carbons (Fsp3) is 0.300. The highest BCUT2D eigenvalue weighted by atomic mass is 19.4. The van der Waals surface area contributed by atoms with Gasteiger partial charge in [0, 0.05) is 12.5 Å². The minimum absolute atomic E-state index is 0.107. The fourth-order valence-corrected chi connectivity index (χ4v) is 1.37. The molecule has 0 bridgehead atoms. The van der Waals surface area contributed by atoms with Crippen molar-refractivity contribution in [2.75, 3.05) is 0 Å². The van der Waals surface area contributed by atoms with Crippen molar-refractivity contribution >= 4 is 11.5 Å². The first-order valence-electron chi connectivity index (χ1n) is 4.55. The molecule has 0 aliphatic rings. The minimum Gasteiger partial charge on any atom is -0.300 e. The number of hydrogen-bond donors (Lipinski definition) is 0. The molecule has 0 heterocycles. The van der Waals surface area contributed by atoms with E-state index in [1.807, 2.05) is 0 Å². The van der Waals surface area contributed by atoms with Gasteiger partial charge in [-0.3, -0.25) is 14.9 Å². The molecule has 0 aromatic heterocycles. The summed E-state index contributed by atoms with van der Waals surface area (Å²) in [6, 6.07) is 2.55. The largest absolute Gasteiger partial charge is 0.423 e. The molecule has 17 heavy (non-hydrogen) atoms. The summed E-state index contributed by atoms with van der Waals surface area (Å²) in [5.41, 5.74) is -2.23. The Kier molecular flexibility index (Phi) is 3.50. The molecule has 0 amide bonds. The second-order valence-corrected chi connectivity index (χ2v) is 3.49. The summed E-state index contributed by atoms with van der Waals surface area (Å²) >= 11 is 0. The molecule has 0 atom stereocenters. The third-order valence-corrected chi connectivity index (χ3v) is 2.02. The number of nitro groups is 1. The van der Waals surface area contributed by atoms with Gasteiger partial charge in [0.15, 0.2) is 0 Å². The zero-order valence-corrected chi connectivity index (χ0v) is 8.75. The number of hydrogen-bond acceptors (Lipinski definition) is 3. The third-order valence-electron chi connectivity index (χ3n) is 2.02. The molecular formula is C10H8F3NO3. The van der Waals surface area contributed by atoms with Gasteiger partial charge in [0.2, 0.25) is 0 Å². The van der Waals surface area contributed by atoms with E-state index in [1.165, 1.54) is 6.92 Å². The lowest BCUT2D eigenvalue weighted by Gasteiger charge is -2.08. The maximum Gasteiger partial charge on any atom is 0.423 e. The van der Waals surface area contributed by atoms with Crippen LogP contribution in [-0.2, 0) is 17.4 Å². The van der Waals surface area contributed by atoms with E-state index in [1.54, 1.807) is 0 Å². The maximum atomic E-state index is 12.5. The van der Waals surface area contributed by atoms with E-state index < -0.39 is 22.4 Å². The molecule has 0 saturated heterocycles. The standard InChI is InChI=1S/C10H8F3NO3/c1-6(15)4-7-2-3-9(14(16)17)8(5-7)10(11,12)13/h2-3,5H,4H2,1H3. The Balaban J connectivity index is 3.29. The van der Waals surface area contributed by atoms with Gasteiger partial charge in [0.1, 0.15) is 11.3 Å². The number of halogens is 3. The fourth-order valence-electron chi connectivity index (χ4n) is 1.37. The van der Waals surface area contributed by atoms with Gasteiger partial charge in [-0.25, -0.2) is 0 Å². The van der Waals surface area contributed by atoms with E-state index in [2.05, 4.69) is 0 Å². The molecule has 0 unspecified atom stereocenters. The van der Waals surface area contributed by atoms with Crippen LogP contribution in [0.5, 0.6) is 0 Å². The van der Waals surface area contributed by atoms with E-state index in [9.17, 15) is 28.1 Å². The Bertz CT molecular complexity index is 468. The van der Waals surface area contributed by atoms with Gasteiger partial charge in [-0.15, -0.1) is 0 Å². The highest BCUT2D eigenvalue weighted by molar-refractivity contribution is 5.78. The minimum atomic E-state index is -4.81. The predicted octanol–water partition coefficient (Wildman–Crippen LogP) is 2.75. The molecule has 1 aromatic rings. The van der Waals surface area contributed by atoms with E-state index in [-0.39, 0.29) is 17.8 Å². The van der Waals surface area contributed by atoms with Gasteiger partial charge in [-0.05, 0) is 18.6 Å². The molecule has 0 fully saturated rings. The molecule has 0 spiro atoms. The molecule has 0 saturated carbocycles. The molecule has 0 aliphatic carbocycles. The predicted molar refractivity (Wildman–Crippen MR) is 52.5 cm³/mol. The summed E-state index contributed by atoms with van der Waals surface area (Å²) in [6.45, 7) is 1.23. The number of Topliss-reactive ketones (excluding diaryl/α,β-unsaturated/α-hetero) is 1. The molecule has 0 N–H and O–H groups in total. The molecule has 0 aliphatic heterocycles. The summed E-state index contributed by atoms with van der Waals surface area (Å²) < 4.78 is 37.6. The molecular weight excluding hydrogens is 239 g/mol. The number of ketones is 1. The molecule has 4 nitrogen and oxygen atoms in total. The van der Waals surface area contributed by atoms with Gasteiger partial charge in [0.25, 0.3) is 5.69 Å². The highest BCUT2D eigenvalue weighted by Gasteiger charge is 2.38. The van der Waals surface area contributed by atoms with Crippen molar-refractivity contribution in [2.45, 2.75) is 19.5 Å². The van der Waals surface area contributed by atoms with Crippen molar-refractivity contribution in [1.29, 1.82) is 0 Å². The summed E-state index contributed by atoms with van der Waals surface area (Å²) in [4.78, 5) is 20.1. The second kappa shape index (κ2) is 4.52. The quantitative estimate of drug-likeness (QED) is 0.609. The van der Waals surface area contributed by atoms with Crippen LogP contribution in [0, 0.1) is 10.1 Å². The zero-order valence-electron chi connectivity index (χ0n) is 8.75. The summed E-state index contributed by atoms with van der Waals surface area (Å²) in [7, 11) is 0. The van der Waals surface area contributed by atoms with Crippen LogP contribution in [0.2, 0.25) is 0 Å². The lowest BCUT2D eigenvalue weighted by atomic mass is 10.0. The van der Waals surface area contributed by atoms with E-state index in [4.69, 9.17) is 0 Å². The Morgan fingerprint density at radius 1 is 1.41 bits per heavy atom. The molecule has 1 rings (SSSR count). The van der Waals surface area contributed by atoms with E-state index in [0.717, 1.165) is 12.1 Å². The number of rotatable bonds is 3. The molecule has 7 heteroatoms. The van der Waals surface area contributed by atoms with Gasteiger partial charge in [0.05, 0.1) is 4.92 Å². The van der Waals surface area contributed by atoms with Crippen LogP contribution in [0.3, 0.4) is 0 Å². The van der Waals surface area contributed by atoms with Gasteiger partial charge in [-0.2, -0.15) is 13.2 Å². The molecule has 0 radical (unpaired) electrons. The average molecular weight is 247 g/mol. The highest BCUT2D eigenvalue weighted by Crippen LogP contribution is 2.36. The van der Waals surface area contributed by atoms with Crippen LogP contribution in [0.25, 0.3) is 0 Å². The number of benzene rings is 1. The summed E-state index contributed by atoms with van der Waals surface area (Å²) in [5, 5.41) is 10.4. The van der Waals surface area contributed by atoms with Crippen LogP contribution >= 0.6 is 0 Å². The van der Waals surface area contributed by atoms with Gasteiger partial charge >= 0.3 is 6.18 Å². The number of alkyl halides is 3. The lowest BCUT2D eigenvalue weighted by Crippen LogP contribution is -2.10. The van der Waals surface area contributed by atoms with Crippen LogP contribution in [0.4, 0.5) is 18.9 Å². The van der Waals surface area contributed by atoms with Crippen LogP contribution in [0.15, 0.2) is 18.2 Å². The zero-order chi connectivity index (χ0) is 13.2. The Labute approximate surface area is 94.2 Å². The number of carbonyl (C=O) groups is 1. The van der Waals surface area contributed by atoms with Crippen molar-refractivity contribution in [3.8, 4) is 0 Å². The van der Waals surface area contributed by atoms with Gasteiger partial charge < -0.3 is 0 Å². The smallest absolute Gasteiger partial charge is 0.300 e. The maximum absolute atomic E-state index is 12.5. The Morgan fingerprint density at radius 3 is 2.41 bits per heavy atom. The third kappa shape index (κ3) is 3.27. The number of carbonyl (C=O) groups excluding carboxylic acids is 1. The van der Waals surface area contributed by atoms with Crippen molar-refractivity contribution < 1.29 is 22.9 Å². The second-order valence-electron chi connectivity index (χ2n) is 3.49. The van der Waals surface area contributed by atoms with E-state index in [0.29, 0.717) is 6.07 Å². The first-order valence-corrected chi connectivity index (χ1v) is 4.55.